The van der Waals surface area contributed by atoms with Gasteiger partial charge in [-0.05, 0) is 33.1 Å². The summed E-state index contributed by atoms with van der Waals surface area (Å²) in [5.74, 6) is 1.71. The highest BCUT2D eigenvalue weighted by molar-refractivity contribution is 5.14. The predicted molar refractivity (Wildman–Crippen MR) is 57.2 cm³/mol. The number of aromatic nitrogens is 2. The molecule has 0 amide bonds. The van der Waals surface area contributed by atoms with Gasteiger partial charge in [-0.25, -0.2) is 4.98 Å². The number of aryl methyl sites for hydroxylation is 2. The lowest BCUT2D eigenvalue weighted by Crippen LogP contribution is -2.27. The molecule has 1 fully saturated rings. The number of aromatic amines is 1. The van der Waals surface area contributed by atoms with Crippen LogP contribution < -0.4 is 5.73 Å². The van der Waals surface area contributed by atoms with Crippen molar-refractivity contribution in [2.75, 3.05) is 0 Å². The molecule has 3 heteroatoms. The van der Waals surface area contributed by atoms with E-state index in [9.17, 15) is 0 Å². The van der Waals surface area contributed by atoms with Gasteiger partial charge in [-0.1, -0.05) is 6.42 Å². The molecule has 0 aliphatic heterocycles. The SMILES string of the molecule is Cc1nc(C2CCCC(N)C2)[nH]c1C. The zero-order chi connectivity index (χ0) is 10.1. The summed E-state index contributed by atoms with van der Waals surface area (Å²) < 4.78 is 0. The lowest BCUT2D eigenvalue weighted by molar-refractivity contribution is 0.383. The second-order valence-corrected chi connectivity index (χ2v) is 4.46. The summed E-state index contributed by atoms with van der Waals surface area (Å²) in [5, 5.41) is 0. The fourth-order valence-corrected chi connectivity index (χ4v) is 2.24. The number of imidazole rings is 1. The molecular weight excluding hydrogens is 174 g/mol. The average Bonchev–Trinajstić information content (AvgIpc) is 2.47. The van der Waals surface area contributed by atoms with Crippen LogP contribution in [0.2, 0.25) is 0 Å². The van der Waals surface area contributed by atoms with Gasteiger partial charge >= 0.3 is 0 Å². The van der Waals surface area contributed by atoms with Crippen molar-refractivity contribution in [2.45, 2.75) is 51.5 Å². The van der Waals surface area contributed by atoms with Crippen LogP contribution in [0.3, 0.4) is 0 Å². The molecule has 78 valence electrons. The van der Waals surface area contributed by atoms with Gasteiger partial charge in [0.1, 0.15) is 5.82 Å². The van der Waals surface area contributed by atoms with E-state index in [2.05, 4.69) is 23.8 Å². The topological polar surface area (TPSA) is 54.7 Å². The summed E-state index contributed by atoms with van der Waals surface area (Å²) in [6, 6.07) is 0.375. The van der Waals surface area contributed by atoms with Gasteiger partial charge in [0.2, 0.25) is 0 Å². The van der Waals surface area contributed by atoms with Crippen LogP contribution in [0, 0.1) is 13.8 Å². The third-order valence-electron chi connectivity index (χ3n) is 3.25. The Bertz CT molecular complexity index is 297. The van der Waals surface area contributed by atoms with E-state index in [0.29, 0.717) is 12.0 Å². The summed E-state index contributed by atoms with van der Waals surface area (Å²) >= 11 is 0. The maximum absolute atomic E-state index is 5.97. The second kappa shape index (κ2) is 3.73. The number of rotatable bonds is 1. The van der Waals surface area contributed by atoms with Crippen molar-refractivity contribution in [1.82, 2.24) is 9.97 Å². The van der Waals surface area contributed by atoms with Gasteiger partial charge in [-0.15, -0.1) is 0 Å². The molecule has 2 unspecified atom stereocenters. The zero-order valence-corrected chi connectivity index (χ0v) is 9.01. The number of nitrogens with zero attached hydrogens (tertiary/aromatic N) is 1. The quantitative estimate of drug-likeness (QED) is 0.717. The first kappa shape index (κ1) is 9.71. The molecule has 1 aliphatic rings. The molecule has 3 N–H and O–H groups in total. The fraction of sp³-hybridized carbons (Fsp3) is 0.727. The summed E-state index contributed by atoms with van der Waals surface area (Å²) in [5.41, 5.74) is 8.28. The molecule has 2 rings (SSSR count). The Morgan fingerprint density at radius 1 is 1.36 bits per heavy atom. The van der Waals surface area contributed by atoms with E-state index in [0.717, 1.165) is 17.9 Å². The van der Waals surface area contributed by atoms with Crippen molar-refractivity contribution < 1.29 is 0 Å². The fourth-order valence-electron chi connectivity index (χ4n) is 2.24. The summed E-state index contributed by atoms with van der Waals surface area (Å²) in [6.45, 7) is 4.13. The van der Waals surface area contributed by atoms with Gasteiger partial charge in [0.15, 0.2) is 0 Å². The van der Waals surface area contributed by atoms with Crippen molar-refractivity contribution in [3.8, 4) is 0 Å². The smallest absolute Gasteiger partial charge is 0.109 e. The molecule has 1 saturated carbocycles. The Balaban J connectivity index is 2.14. The highest BCUT2D eigenvalue weighted by Gasteiger charge is 2.23. The lowest BCUT2D eigenvalue weighted by Gasteiger charge is -2.24. The Morgan fingerprint density at radius 2 is 2.14 bits per heavy atom. The third-order valence-corrected chi connectivity index (χ3v) is 3.25. The van der Waals surface area contributed by atoms with E-state index in [1.54, 1.807) is 0 Å². The summed E-state index contributed by atoms with van der Waals surface area (Å²) in [7, 11) is 0. The summed E-state index contributed by atoms with van der Waals surface area (Å²) in [6.07, 6.45) is 4.74. The first-order valence-corrected chi connectivity index (χ1v) is 5.45. The standard InChI is InChI=1S/C11H19N3/c1-7-8(2)14-11(13-7)9-4-3-5-10(12)6-9/h9-10H,3-6,12H2,1-2H3,(H,13,14). The monoisotopic (exact) mass is 193 g/mol. The maximum atomic E-state index is 5.97. The first-order chi connectivity index (χ1) is 6.66. The second-order valence-electron chi connectivity index (χ2n) is 4.46. The zero-order valence-electron chi connectivity index (χ0n) is 9.01. The Hall–Kier alpha value is -0.830. The molecule has 0 radical (unpaired) electrons. The van der Waals surface area contributed by atoms with Crippen LogP contribution in [-0.4, -0.2) is 16.0 Å². The van der Waals surface area contributed by atoms with Crippen LogP contribution in [0.5, 0.6) is 0 Å². The van der Waals surface area contributed by atoms with Gasteiger partial charge in [0.05, 0.1) is 5.69 Å². The largest absolute Gasteiger partial charge is 0.346 e. The highest BCUT2D eigenvalue weighted by Crippen LogP contribution is 2.30. The molecule has 0 aromatic carbocycles. The van der Waals surface area contributed by atoms with E-state index >= 15 is 0 Å². The lowest BCUT2D eigenvalue weighted by atomic mass is 9.86. The van der Waals surface area contributed by atoms with Gasteiger partial charge in [0, 0.05) is 17.7 Å². The normalized spacial score (nSPS) is 27.9. The highest BCUT2D eigenvalue weighted by atomic mass is 14.9. The molecule has 0 saturated heterocycles. The minimum atomic E-state index is 0.375. The molecule has 1 aromatic rings. The molecule has 1 heterocycles. The van der Waals surface area contributed by atoms with Gasteiger partial charge in [0.25, 0.3) is 0 Å². The maximum Gasteiger partial charge on any atom is 0.109 e. The van der Waals surface area contributed by atoms with Crippen LogP contribution in [0.4, 0.5) is 0 Å². The average molecular weight is 193 g/mol. The van der Waals surface area contributed by atoms with Crippen LogP contribution >= 0.6 is 0 Å². The minimum Gasteiger partial charge on any atom is -0.346 e. The molecule has 0 spiro atoms. The molecule has 3 nitrogen and oxygen atoms in total. The number of hydrogen-bond donors (Lipinski definition) is 2. The van der Waals surface area contributed by atoms with E-state index < -0.39 is 0 Å². The van der Waals surface area contributed by atoms with E-state index in [-0.39, 0.29) is 0 Å². The van der Waals surface area contributed by atoms with Crippen molar-refractivity contribution in [2.24, 2.45) is 5.73 Å². The van der Waals surface area contributed by atoms with E-state index in [1.165, 1.54) is 25.0 Å². The number of H-pyrrole nitrogens is 1. The minimum absolute atomic E-state index is 0.375. The van der Waals surface area contributed by atoms with Crippen molar-refractivity contribution >= 4 is 0 Å². The van der Waals surface area contributed by atoms with Crippen LogP contribution in [0.25, 0.3) is 0 Å². The molecular formula is C11H19N3. The van der Waals surface area contributed by atoms with Crippen LogP contribution in [-0.2, 0) is 0 Å². The molecule has 14 heavy (non-hydrogen) atoms. The van der Waals surface area contributed by atoms with Gasteiger partial charge in [-0.2, -0.15) is 0 Å². The molecule has 2 atom stereocenters. The predicted octanol–water partition coefficient (Wildman–Crippen LogP) is 2.01. The Labute approximate surface area is 85.1 Å². The first-order valence-electron chi connectivity index (χ1n) is 5.45. The van der Waals surface area contributed by atoms with Crippen molar-refractivity contribution in [1.29, 1.82) is 0 Å². The van der Waals surface area contributed by atoms with Crippen molar-refractivity contribution in [3.63, 3.8) is 0 Å². The number of hydrogen-bond acceptors (Lipinski definition) is 2. The van der Waals surface area contributed by atoms with Gasteiger partial charge in [-0.3, -0.25) is 0 Å². The number of nitrogens with two attached hydrogens (primary N) is 1. The Morgan fingerprint density at radius 3 is 2.71 bits per heavy atom. The Kier molecular flexibility index (Phi) is 2.59. The van der Waals surface area contributed by atoms with E-state index in [1.807, 2.05) is 0 Å². The van der Waals surface area contributed by atoms with Crippen LogP contribution in [0.1, 0.15) is 48.8 Å². The van der Waals surface area contributed by atoms with E-state index in [4.69, 9.17) is 5.73 Å². The molecule has 1 aromatic heterocycles. The number of nitrogens with one attached hydrogen (secondary N) is 1. The van der Waals surface area contributed by atoms with Gasteiger partial charge < -0.3 is 10.7 Å². The molecule has 1 aliphatic carbocycles. The third kappa shape index (κ3) is 1.82. The molecule has 0 bridgehead atoms. The summed E-state index contributed by atoms with van der Waals surface area (Å²) in [4.78, 5) is 7.93. The van der Waals surface area contributed by atoms with Crippen LogP contribution in [0.15, 0.2) is 0 Å². The van der Waals surface area contributed by atoms with Crippen molar-refractivity contribution in [3.05, 3.63) is 17.2 Å².